The summed E-state index contributed by atoms with van der Waals surface area (Å²) in [7, 11) is -2.17. The van der Waals surface area contributed by atoms with Gasteiger partial charge in [0, 0.05) is 39.8 Å². The number of carbonyl (C=O) groups excluding carboxylic acids is 1. The molecule has 34 heavy (non-hydrogen) atoms. The lowest BCUT2D eigenvalue weighted by Gasteiger charge is -2.33. The topological polar surface area (TPSA) is 170 Å². The zero-order valence-corrected chi connectivity index (χ0v) is 19.8. The van der Waals surface area contributed by atoms with Crippen molar-refractivity contribution in [1.29, 1.82) is 0 Å². The molecule has 4 rings (SSSR count). The zero-order valence-electron chi connectivity index (χ0n) is 19.0. The van der Waals surface area contributed by atoms with Gasteiger partial charge in [-0.25, -0.2) is 18.2 Å². The number of carbonyl (C=O) groups is 1. The summed E-state index contributed by atoms with van der Waals surface area (Å²) < 4.78 is 35.2. The predicted molar refractivity (Wildman–Crippen MR) is 122 cm³/mol. The molecule has 1 saturated heterocycles. The average Bonchev–Trinajstić information content (AvgIpc) is 3.41. The molecule has 184 valence electrons. The molecular formula is C20H27N7O6S. The predicted octanol–water partition coefficient (Wildman–Crippen LogP) is -0.578. The first-order valence-electron chi connectivity index (χ1n) is 10.9. The highest BCUT2D eigenvalue weighted by Gasteiger charge is 2.32. The highest BCUT2D eigenvalue weighted by molar-refractivity contribution is 7.89. The molecule has 14 heteroatoms. The van der Waals surface area contributed by atoms with E-state index in [1.165, 1.54) is 21.0 Å². The van der Waals surface area contributed by atoms with E-state index in [2.05, 4.69) is 9.97 Å². The monoisotopic (exact) mass is 493 g/mol. The summed E-state index contributed by atoms with van der Waals surface area (Å²) in [5, 5.41) is -0.325. The molecule has 1 aliphatic rings. The number of H-pyrrole nitrogens is 1. The van der Waals surface area contributed by atoms with Gasteiger partial charge in [-0.05, 0) is 18.6 Å². The highest BCUT2D eigenvalue weighted by atomic mass is 32.2. The van der Waals surface area contributed by atoms with Crippen LogP contribution in [-0.2, 0) is 30.2 Å². The number of fused-ring (bicyclic) bond motifs is 1. The Hall–Kier alpha value is -3.23. The van der Waals surface area contributed by atoms with E-state index in [-0.39, 0.29) is 23.9 Å². The number of piperazine rings is 1. The molecule has 13 nitrogen and oxygen atoms in total. The quantitative estimate of drug-likeness (QED) is 0.420. The fourth-order valence-corrected chi connectivity index (χ4v) is 5.34. The van der Waals surface area contributed by atoms with Crippen LogP contribution in [0.4, 0.5) is 0 Å². The zero-order chi connectivity index (χ0) is 24.6. The molecule has 0 atom stereocenters. The van der Waals surface area contributed by atoms with Crippen molar-refractivity contribution in [2.75, 3.05) is 26.2 Å². The van der Waals surface area contributed by atoms with E-state index in [1.807, 2.05) is 11.8 Å². The van der Waals surface area contributed by atoms with E-state index in [0.29, 0.717) is 43.2 Å². The van der Waals surface area contributed by atoms with Gasteiger partial charge in [0.1, 0.15) is 5.82 Å². The molecule has 1 aliphatic heterocycles. The number of hydrogen-bond acceptors (Lipinski definition) is 8. The number of aromatic nitrogens is 4. The average molecular weight is 494 g/mol. The molecule has 3 aromatic heterocycles. The summed E-state index contributed by atoms with van der Waals surface area (Å²) in [5.74, 6) is -0.455. The lowest BCUT2D eigenvalue weighted by molar-refractivity contribution is 0.0968. The Labute approximate surface area is 194 Å². The molecule has 0 bridgehead atoms. The van der Waals surface area contributed by atoms with Gasteiger partial charge in [-0.2, -0.15) is 4.31 Å². The van der Waals surface area contributed by atoms with E-state index < -0.39 is 27.2 Å². The summed E-state index contributed by atoms with van der Waals surface area (Å²) in [4.78, 5) is 44.9. The minimum Gasteiger partial charge on any atom is -0.438 e. The molecule has 0 spiro atoms. The van der Waals surface area contributed by atoms with Crippen molar-refractivity contribution in [2.24, 2.45) is 12.8 Å². The number of furan rings is 1. The van der Waals surface area contributed by atoms with Crippen LogP contribution in [0.15, 0.2) is 31.2 Å². The van der Waals surface area contributed by atoms with E-state index in [0.717, 1.165) is 12.8 Å². The third-order valence-corrected chi connectivity index (χ3v) is 7.73. The van der Waals surface area contributed by atoms with Crippen LogP contribution in [0.25, 0.3) is 11.2 Å². The van der Waals surface area contributed by atoms with Gasteiger partial charge in [0.05, 0.1) is 6.54 Å². The standard InChI is InChI=1S/C20H27N7O6S/c1-3-4-7-27-18-16(19(29)23-20(27)30)24(2)14(22-18)12-25-8-10-26(11-9-25)34(31,32)15-6-5-13(33-15)17(21)28/h5-6H,3-4,7-12H2,1-2H3,(H2,21,28)(H,23,29,30). The van der Waals surface area contributed by atoms with Crippen LogP contribution < -0.4 is 17.0 Å². The molecule has 0 unspecified atom stereocenters. The highest BCUT2D eigenvalue weighted by Crippen LogP contribution is 2.21. The third-order valence-electron chi connectivity index (χ3n) is 5.96. The first-order valence-corrected chi connectivity index (χ1v) is 12.4. The Balaban J connectivity index is 1.51. The van der Waals surface area contributed by atoms with E-state index in [1.54, 1.807) is 11.6 Å². The normalized spacial score (nSPS) is 15.8. The second kappa shape index (κ2) is 9.19. The first-order chi connectivity index (χ1) is 16.1. The number of sulfonamides is 1. The SMILES string of the molecule is CCCCn1c(=O)[nH]c(=O)c2c1nc(CN1CCN(S(=O)(=O)c3ccc(C(N)=O)o3)CC1)n2C. The van der Waals surface area contributed by atoms with Crippen LogP contribution in [0.2, 0.25) is 0 Å². The molecule has 0 aliphatic carbocycles. The second-order valence-corrected chi connectivity index (χ2v) is 10.1. The first kappa shape index (κ1) is 23.9. The van der Waals surface area contributed by atoms with Gasteiger partial charge < -0.3 is 14.7 Å². The minimum atomic E-state index is -3.90. The van der Waals surface area contributed by atoms with Crippen molar-refractivity contribution in [3.63, 3.8) is 0 Å². The number of rotatable bonds is 8. The second-order valence-electron chi connectivity index (χ2n) is 8.19. The smallest absolute Gasteiger partial charge is 0.330 e. The van der Waals surface area contributed by atoms with Crippen molar-refractivity contribution in [3.8, 4) is 0 Å². The molecule has 1 fully saturated rings. The Morgan fingerprint density at radius 1 is 1.21 bits per heavy atom. The molecule has 0 saturated carbocycles. The maximum absolute atomic E-state index is 12.8. The summed E-state index contributed by atoms with van der Waals surface area (Å²) in [6, 6.07) is 2.45. The fraction of sp³-hybridized carbons (Fsp3) is 0.500. The summed E-state index contributed by atoms with van der Waals surface area (Å²) in [5.41, 5.74) is 4.85. The van der Waals surface area contributed by atoms with Crippen molar-refractivity contribution < 1.29 is 17.6 Å². The number of primary amides is 1. The van der Waals surface area contributed by atoms with Gasteiger partial charge in [-0.15, -0.1) is 0 Å². The molecule has 3 aromatic rings. The Morgan fingerprint density at radius 3 is 2.53 bits per heavy atom. The van der Waals surface area contributed by atoms with Gasteiger partial charge >= 0.3 is 5.69 Å². The fourth-order valence-electron chi connectivity index (χ4n) is 4.00. The molecule has 0 aromatic carbocycles. The Morgan fingerprint density at radius 2 is 1.91 bits per heavy atom. The van der Waals surface area contributed by atoms with E-state index in [4.69, 9.17) is 10.2 Å². The van der Waals surface area contributed by atoms with Gasteiger partial charge in [0.25, 0.3) is 21.5 Å². The van der Waals surface area contributed by atoms with Gasteiger partial charge in [-0.3, -0.25) is 24.0 Å². The van der Waals surface area contributed by atoms with Gasteiger partial charge in [0.2, 0.25) is 5.09 Å². The van der Waals surface area contributed by atoms with Gasteiger partial charge in [-0.1, -0.05) is 13.3 Å². The van der Waals surface area contributed by atoms with Gasteiger partial charge in [0.15, 0.2) is 16.9 Å². The molecule has 1 amide bonds. The number of unbranched alkanes of at least 4 members (excludes halogenated alkanes) is 1. The third kappa shape index (κ3) is 4.31. The number of aromatic amines is 1. The number of nitrogens with one attached hydrogen (secondary N) is 1. The number of hydrogen-bond donors (Lipinski definition) is 2. The van der Waals surface area contributed by atoms with Crippen LogP contribution in [-0.4, -0.2) is 68.8 Å². The number of imidazole rings is 1. The molecule has 0 radical (unpaired) electrons. The lowest BCUT2D eigenvalue weighted by Crippen LogP contribution is -2.48. The van der Waals surface area contributed by atoms with Crippen molar-refractivity contribution >= 4 is 27.1 Å². The van der Waals surface area contributed by atoms with Crippen molar-refractivity contribution in [1.82, 2.24) is 28.3 Å². The lowest BCUT2D eigenvalue weighted by atomic mass is 10.3. The molecular weight excluding hydrogens is 466 g/mol. The van der Waals surface area contributed by atoms with Crippen LogP contribution >= 0.6 is 0 Å². The summed E-state index contributed by atoms with van der Waals surface area (Å²) >= 11 is 0. The van der Waals surface area contributed by atoms with E-state index >= 15 is 0 Å². The number of aryl methyl sites for hydroxylation is 2. The minimum absolute atomic E-state index is 0.209. The van der Waals surface area contributed by atoms with Crippen molar-refractivity contribution in [3.05, 3.63) is 44.6 Å². The van der Waals surface area contributed by atoms with Crippen LogP contribution in [0.1, 0.15) is 36.1 Å². The maximum atomic E-state index is 12.8. The Kier molecular flexibility index (Phi) is 6.47. The largest absolute Gasteiger partial charge is 0.438 e. The number of nitrogens with zero attached hydrogens (tertiary/aromatic N) is 5. The van der Waals surface area contributed by atoms with Crippen molar-refractivity contribution in [2.45, 2.75) is 37.9 Å². The maximum Gasteiger partial charge on any atom is 0.330 e. The summed E-state index contributed by atoms with van der Waals surface area (Å²) in [6.07, 6.45) is 1.67. The number of amides is 1. The number of nitrogens with two attached hydrogens (primary N) is 1. The summed E-state index contributed by atoms with van der Waals surface area (Å²) in [6.45, 7) is 4.12. The van der Waals surface area contributed by atoms with Crippen LogP contribution in [0.3, 0.4) is 0 Å². The molecule has 3 N–H and O–H groups in total. The molecule has 4 heterocycles. The Bertz CT molecular complexity index is 1440. The van der Waals surface area contributed by atoms with Crippen LogP contribution in [0.5, 0.6) is 0 Å². The van der Waals surface area contributed by atoms with Crippen LogP contribution in [0, 0.1) is 0 Å². The van der Waals surface area contributed by atoms with E-state index in [9.17, 15) is 22.8 Å².